The van der Waals surface area contributed by atoms with Crippen LogP contribution in [0.5, 0.6) is 0 Å². The van der Waals surface area contributed by atoms with Gasteiger partial charge in [0.25, 0.3) is 0 Å². The SMILES string of the molecule is CN1CCC(c2ccccc2)(N2CCN(C(=O)CC(C)(C)C)CC2)CC1. The molecule has 0 aliphatic carbocycles. The van der Waals surface area contributed by atoms with Gasteiger partial charge in [-0.15, -0.1) is 0 Å². The van der Waals surface area contributed by atoms with Gasteiger partial charge in [0.2, 0.25) is 5.91 Å². The van der Waals surface area contributed by atoms with Gasteiger partial charge in [0.15, 0.2) is 0 Å². The van der Waals surface area contributed by atoms with Crippen molar-refractivity contribution in [2.24, 2.45) is 5.41 Å². The molecule has 0 atom stereocenters. The molecule has 1 aromatic carbocycles. The second-order valence-corrected chi connectivity index (χ2v) is 9.31. The third-order valence-corrected chi connectivity index (χ3v) is 6.04. The highest BCUT2D eigenvalue weighted by atomic mass is 16.2. The van der Waals surface area contributed by atoms with Crippen molar-refractivity contribution in [2.45, 2.75) is 45.6 Å². The summed E-state index contributed by atoms with van der Waals surface area (Å²) in [6.07, 6.45) is 2.98. The molecule has 26 heavy (non-hydrogen) atoms. The molecule has 1 amide bonds. The topological polar surface area (TPSA) is 26.8 Å². The molecular formula is C22H35N3O. The highest BCUT2D eigenvalue weighted by Gasteiger charge is 2.42. The van der Waals surface area contributed by atoms with Crippen molar-refractivity contribution in [3.8, 4) is 0 Å². The molecule has 0 bridgehead atoms. The summed E-state index contributed by atoms with van der Waals surface area (Å²) in [5.74, 6) is 0.314. The zero-order valence-corrected chi connectivity index (χ0v) is 17.0. The summed E-state index contributed by atoms with van der Waals surface area (Å²) in [6.45, 7) is 12.4. The van der Waals surface area contributed by atoms with Gasteiger partial charge >= 0.3 is 0 Å². The van der Waals surface area contributed by atoms with Gasteiger partial charge in [0.1, 0.15) is 0 Å². The van der Waals surface area contributed by atoms with E-state index in [0.29, 0.717) is 12.3 Å². The summed E-state index contributed by atoms with van der Waals surface area (Å²) >= 11 is 0. The third kappa shape index (κ3) is 4.29. The fourth-order valence-corrected chi connectivity index (χ4v) is 4.47. The number of piperazine rings is 1. The number of piperidine rings is 1. The van der Waals surface area contributed by atoms with Crippen LogP contribution in [0.25, 0.3) is 0 Å². The molecule has 4 heteroatoms. The van der Waals surface area contributed by atoms with E-state index in [1.807, 2.05) is 0 Å². The van der Waals surface area contributed by atoms with Gasteiger partial charge in [0, 0.05) is 38.1 Å². The predicted molar refractivity (Wildman–Crippen MR) is 107 cm³/mol. The van der Waals surface area contributed by atoms with Gasteiger partial charge in [-0.05, 0) is 44.0 Å². The maximum absolute atomic E-state index is 12.6. The second kappa shape index (κ2) is 7.69. The van der Waals surface area contributed by atoms with Crippen LogP contribution < -0.4 is 0 Å². The Morgan fingerprint density at radius 1 is 0.962 bits per heavy atom. The number of likely N-dealkylation sites (tertiary alicyclic amines) is 1. The van der Waals surface area contributed by atoms with Crippen molar-refractivity contribution in [2.75, 3.05) is 46.3 Å². The fraction of sp³-hybridized carbons (Fsp3) is 0.682. The number of nitrogens with zero attached hydrogens (tertiary/aromatic N) is 3. The Balaban J connectivity index is 1.71. The lowest BCUT2D eigenvalue weighted by molar-refractivity contribution is -0.136. The monoisotopic (exact) mass is 357 g/mol. The summed E-state index contributed by atoms with van der Waals surface area (Å²) in [5.41, 5.74) is 1.64. The van der Waals surface area contributed by atoms with Crippen molar-refractivity contribution >= 4 is 5.91 Å². The number of amides is 1. The Hall–Kier alpha value is -1.39. The average Bonchev–Trinajstić information content (AvgIpc) is 2.62. The molecule has 0 N–H and O–H groups in total. The molecule has 3 rings (SSSR count). The molecule has 0 saturated carbocycles. The van der Waals surface area contributed by atoms with Gasteiger partial charge in [-0.3, -0.25) is 9.69 Å². The number of carbonyl (C=O) groups is 1. The number of benzene rings is 1. The Kier molecular flexibility index (Phi) is 5.73. The zero-order chi connectivity index (χ0) is 18.8. The van der Waals surface area contributed by atoms with Gasteiger partial charge in [0.05, 0.1) is 0 Å². The summed E-state index contributed by atoms with van der Waals surface area (Å²) in [7, 11) is 2.22. The van der Waals surface area contributed by atoms with Crippen molar-refractivity contribution in [3.63, 3.8) is 0 Å². The van der Waals surface area contributed by atoms with E-state index in [0.717, 1.165) is 39.3 Å². The second-order valence-electron chi connectivity index (χ2n) is 9.31. The first kappa shape index (κ1) is 19.4. The minimum absolute atomic E-state index is 0.0629. The first-order valence-corrected chi connectivity index (χ1v) is 10.1. The first-order chi connectivity index (χ1) is 12.3. The van der Waals surface area contributed by atoms with Crippen LogP contribution in [0.15, 0.2) is 30.3 Å². The summed E-state index contributed by atoms with van der Waals surface area (Å²) in [4.78, 5) is 19.8. The molecule has 0 spiro atoms. The quantitative estimate of drug-likeness (QED) is 0.831. The lowest BCUT2D eigenvalue weighted by Gasteiger charge is -2.51. The van der Waals surface area contributed by atoms with E-state index in [9.17, 15) is 4.79 Å². The predicted octanol–water partition coefficient (Wildman–Crippen LogP) is 3.19. The van der Waals surface area contributed by atoms with Gasteiger partial charge in [-0.25, -0.2) is 0 Å². The smallest absolute Gasteiger partial charge is 0.223 e. The Bertz CT molecular complexity index is 592. The molecule has 0 aromatic heterocycles. The Morgan fingerprint density at radius 3 is 2.08 bits per heavy atom. The van der Waals surface area contributed by atoms with Gasteiger partial charge in [-0.1, -0.05) is 51.1 Å². The molecule has 2 aliphatic rings. The van der Waals surface area contributed by atoms with E-state index in [1.165, 1.54) is 18.4 Å². The highest BCUT2D eigenvalue weighted by Crippen LogP contribution is 2.39. The molecule has 144 valence electrons. The van der Waals surface area contributed by atoms with Gasteiger partial charge in [-0.2, -0.15) is 0 Å². The molecule has 1 aromatic rings. The lowest BCUT2D eigenvalue weighted by Crippen LogP contribution is -2.59. The molecule has 0 unspecified atom stereocenters. The van der Waals surface area contributed by atoms with Crippen LogP contribution >= 0.6 is 0 Å². The minimum atomic E-state index is 0.0629. The number of carbonyl (C=O) groups excluding carboxylic acids is 1. The van der Waals surface area contributed by atoms with Crippen LogP contribution in [0.3, 0.4) is 0 Å². The van der Waals surface area contributed by atoms with E-state index < -0.39 is 0 Å². The number of rotatable bonds is 3. The van der Waals surface area contributed by atoms with Crippen molar-refractivity contribution in [1.29, 1.82) is 0 Å². The zero-order valence-electron chi connectivity index (χ0n) is 17.0. The van der Waals surface area contributed by atoms with Crippen LogP contribution in [0.2, 0.25) is 0 Å². The molecule has 2 heterocycles. The maximum Gasteiger partial charge on any atom is 0.223 e. The van der Waals surface area contributed by atoms with Crippen molar-refractivity contribution in [1.82, 2.24) is 14.7 Å². The van der Waals surface area contributed by atoms with E-state index in [-0.39, 0.29) is 11.0 Å². The third-order valence-electron chi connectivity index (χ3n) is 6.04. The summed E-state index contributed by atoms with van der Waals surface area (Å²) < 4.78 is 0. The lowest BCUT2D eigenvalue weighted by atomic mass is 9.79. The Morgan fingerprint density at radius 2 is 1.54 bits per heavy atom. The highest BCUT2D eigenvalue weighted by molar-refractivity contribution is 5.76. The molecule has 0 radical (unpaired) electrons. The van der Waals surface area contributed by atoms with E-state index in [4.69, 9.17) is 0 Å². The number of hydrogen-bond acceptors (Lipinski definition) is 3. The van der Waals surface area contributed by atoms with Crippen LogP contribution in [-0.2, 0) is 10.3 Å². The molecule has 2 fully saturated rings. The first-order valence-electron chi connectivity index (χ1n) is 10.1. The van der Waals surface area contributed by atoms with Crippen LogP contribution in [0.4, 0.5) is 0 Å². The normalized spacial score (nSPS) is 22.4. The molecule has 2 saturated heterocycles. The average molecular weight is 358 g/mol. The standard InChI is InChI=1S/C22H35N3O/c1-21(2,3)18-20(26)24-14-16-25(17-15-24)22(10-12-23(4)13-11-22)19-8-6-5-7-9-19/h5-9H,10-18H2,1-4H3. The summed E-state index contributed by atoms with van der Waals surface area (Å²) in [6, 6.07) is 11.0. The largest absolute Gasteiger partial charge is 0.340 e. The van der Waals surface area contributed by atoms with Crippen molar-refractivity contribution in [3.05, 3.63) is 35.9 Å². The van der Waals surface area contributed by atoms with Crippen LogP contribution in [0.1, 0.15) is 45.6 Å². The summed E-state index contributed by atoms with van der Waals surface area (Å²) in [5, 5.41) is 0. The van der Waals surface area contributed by atoms with Crippen molar-refractivity contribution < 1.29 is 4.79 Å². The molecule has 2 aliphatic heterocycles. The minimum Gasteiger partial charge on any atom is -0.340 e. The van der Waals surface area contributed by atoms with Crippen LogP contribution in [-0.4, -0.2) is 66.9 Å². The fourth-order valence-electron chi connectivity index (χ4n) is 4.47. The van der Waals surface area contributed by atoms with E-state index in [1.54, 1.807) is 0 Å². The molecule has 4 nitrogen and oxygen atoms in total. The Labute approximate surface area is 159 Å². The van der Waals surface area contributed by atoms with E-state index >= 15 is 0 Å². The van der Waals surface area contributed by atoms with E-state index in [2.05, 4.69) is 72.9 Å². The number of hydrogen-bond donors (Lipinski definition) is 0. The molecular weight excluding hydrogens is 322 g/mol. The van der Waals surface area contributed by atoms with Crippen LogP contribution in [0, 0.1) is 5.41 Å². The maximum atomic E-state index is 12.6. The van der Waals surface area contributed by atoms with Gasteiger partial charge < -0.3 is 9.80 Å².